The molecule has 4 heteroatoms. The van der Waals surface area contributed by atoms with Gasteiger partial charge in [-0.15, -0.1) is 11.3 Å². The van der Waals surface area contributed by atoms with Crippen molar-refractivity contribution in [3.63, 3.8) is 0 Å². The molecule has 0 unspecified atom stereocenters. The largest absolute Gasteiger partial charge is 0.311 e. The third kappa shape index (κ3) is 4.11. The van der Waals surface area contributed by atoms with Crippen molar-refractivity contribution in [2.45, 2.75) is 33.2 Å². The highest BCUT2D eigenvalue weighted by Gasteiger charge is 2.06. The summed E-state index contributed by atoms with van der Waals surface area (Å²) in [5.41, 5.74) is 2.07. The van der Waals surface area contributed by atoms with E-state index in [-0.39, 0.29) is 0 Å². The second-order valence-corrected chi connectivity index (χ2v) is 5.53. The number of nitrogens with zero attached hydrogens (tertiary/aromatic N) is 2. The van der Waals surface area contributed by atoms with Crippen molar-refractivity contribution in [2.24, 2.45) is 5.92 Å². The number of thiazole rings is 1. The molecule has 0 radical (unpaired) electrons. The van der Waals surface area contributed by atoms with Crippen molar-refractivity contribution in [2.75, 3.05) is 6.54 Å². The Morgan fingerprint density at radius 1 is 1.26 bits per heavy atom. The molecule has 19 heavy (non-hydrogen) atoms. The molecule has 102 valence electrons. The van der Waals surface area contributed by atoms with E-state index >= 15 is 0 Å². The molecule has 2 heterocycles. The number of hydrogen-bond acceptors (Lipinski definition) is 4. The lowest BCUT2D eigenvalue weighted by Gasteiger charge is -2.12. The van der Waals surface area contributed by atoms with E-state index in [4.69, 9.17) is 0 Å². The van der Waals surface area contributed by atoms with Crippen LogP contribution >= 0.6 is 11.3 Å². The van der Waals surface area contributed by atoms with Crippen LogP contribution in [0, 0.1) is 5.92 Å². The molecule has 2 aromatic heterocycles. The summed E-state index contributed by atoms with van der Waals surface area (Å²) >= 11 is 1.66. The van der Waals surface area contributed by atoms with E-state index in [0.29, 0.717) is 0 Å². The zero-order valence-corrected chi connectivity index (χ0v) is 12.4. The Bertz CT molecular complexity index is 477. The van der Waals surface area contributed by atoms with E-state index in [9.17, 15) is 0 Å². The highest BCUT2D eigenvalue weighted by Crippen LogP contribution is 2.21. The standard InChI is InChI=1S/C15H21N3S/c1-3-12(4-2)9-16-10-13-11-19-15(18-13)14-7-5-6-8-17-14/h5-8,11-12,16H,3-4,9-10H2,1-2H3. The van der Waals surface area contributed by atoms with Crippen LogP contribution in [0.2, 0.25) is 0 Å². The van der Waals surface area contributed by atoms with Gasteiger partial charge in [0.15, 0.2) is 0 Å². The maximum absolute atomic E-state index is 4.62. The van der Waals surface area contributed by atoms with Gasteiger partial charge < -0.3 is 5.32 Å². The van der Waals surface area contributed by atoms with Crippen LogP contribution in [0.1, 0.15) is 32.4 Å². The predicted molar refractivity (Wildman–Crippen MR) is 81.1 cm³/mol. The van der Waals surface area contributed by atoms with Crippen LogP contribution in [0.3, 0.4) is 0 Å². The summed E-state index contributed by atoms with van der Waals surface area (Å²) in [6, 6.07) is 5.92. The Labute approximate surface area is 119 Å². The van der Waals surface area contributed by atoms with E-state index in [2.05, 4.69) is 34.5 Å². The minimum atomic E-state index is 0.772. The summed E-state index contributed by atoms with van der Waals surface area (Å²) in [5.74, 6) is 0.772. The molecule has 2 rings (SSSR count). The second kappa shape index (κ2) is 7.36. The van der Waals surface area contributed by atoms with Crippen LogP contribution in [0.4, 0.5) is 0 Å². The maximum Gasteiger partial charge on any atom is 0.142 e. The highest BCUT2D eigenvalue weighted by molar-refractivity contribution is 7.13. The van der Waals surface area contributed by atoms with Gasteiger partial charge in [0.2, 0.25) is 0 Å². The maximum atomic E-state index is 4.62. The number of hydrogen-bond donors (Lipinski definition) is 1. The van der Waals surface area contributed by atoms with Crippen LogP contribution in [-0.4, -0.2) is 16.5 Å². The lowest BCUT2D eigenvalue weighted by atomic mass is 10.0. The van der Waals surface area contributed by atoms with Gasteiger partial charge in [-0.3, -0.25) is 4.98 Å². The predicted octanol–water partition coefficient (Wildman–Crippen LogP) is 3.73. The summed E-state index contributed by atoms with van der Waals surface area (Å²) < 4.78 is 0. The summed E-state index contributed by atoms with van der Waals surface area (Å²) in [6.45, 7) is 6.42. The van der Waals surface area contributed by atoms with Gasteiger partial charge in [0.25, 0.3) is 0 Å². The number of aromatic nitrogens is 2. The third-order valence-electron chi connectivity index (χ3n) is 3.33. The first-order valence-electron chi connectivity index (χ1n) is 6.90. The van der Waals surface area contributed by atoms with Crippen molar-refractivity contribution in [3.8, 4) is 10.7 Å². The third-order valence-corrected chi connectivity index (χ3v) is 4.24. The Balaban J connectivity index is 1.88. The molecule has 3 nitrogen and oxygen atoms in total. The Hall–Kier alpha value is -1.26. The number of nitrogens with one attached hydrogen (secondary N) is 1. The fourth-order valence-electron chi connectivity index (χ4n) is 1.98. The first-order chi connectivity index (χ1) is 9.33. The molecule has 0 amide bonds. The summed E-state index contributed by atoms with van der Waals surface area (Å²) in [5, 5.41) is 6.61. The average Bonchev–Trinajstić information content (AvgIpc) is 2.93. The Morgan fingerprint density at radius 3 is 2.79 bits per heavy atom. The van der Waals surface area contributed by atoms with Crippen LogP contribution in [-0.2, 0) is 6.54 Å². The zero-order chi connectivity index (χ0) is 13.5. The summed E-state index contributed by atoms with van der Waals surface area (Å²) in [4.78, 5) is 8.95. The SMILES string of the molecule is CCC(CC)CNCc1csc(-c2ccccn2)n1. The van der Waals surface area contributed by atoms with Crippen molar-refractivity contribution in [1.82, 2.24) is 15.3 Å². The van der Waals surface area contributed by atoms with E-state index in [1.165, 1.54) is 12.8 Å². The first-order valence-corrected chi connectivity index (χ1v) is 7.78. The van der Waals surface area contributed by atoms with Crippen molar-refractivity contribution in [1.29, 1.82) is 0 Å². The molecular weight excluding hydrogens is 254 g/mol. The van der Waals surface area contributed by atoms with Gasteiger partial charge in [-0.2, -0.15) is 0 Å². The van der Waals surface area contributed by atoms with Gasteiger partial charge in [-0.05, 0) is 24.6 Å². The molecule has 0 atom stereocenters. The molecular formula is C15H21N3S. The second-order valence-electron chi connectivity index (χ2n) is 4.67. The molecule has 0 aromatic carbocycles. The molecule has 1 N–H and O–H groups in total. The van der Waals surface area contributed by atoms with Gasteiger partial charge in [0.05, 0.1) is 11.4 Å². The first kappa shape index (κ1) is 14.2. The van der Waals surface area contributed by atoms with Crippen LogP contribution in [0.15, 0.2) is 29.8 Å². The van der Waals surface area contributed by atoms with Crippen molar-refractivity contribution in [3.05, 3.63) is 35.5 Å². The minimum absolute atomic E-state index is 0.772. The molecule has 0 aliphatic rings. The van der Waals surface area contributed by atoms with E-state index in [0.717, 1.165) is 35.4 Å². The van der Waals surface area contributed by atoms with Crippen molar-refractivity contribution >= 4 is 11.3 Å². The Kier molecular flexibility index (Phi) is 5.48. The van der Waals surface area contributed by atoms with Gasteiger partial charge in [-0.1, -0.05) is 32.8 Å². The molecule has 2 aromatic rings. The Morgan fingerprint density at radius 2 is 2.11 bits per heavy atom. The molecule has 0 spiro atoms. The monoisotopic (exact) mass is 275 g/mol. The van der Waals surface area contributed by atoms with Crippen LogP contribution < -0.4 is 5.32 Å². The minimum Gasteiger partial charge on any atom is -0.311 e. The normalized spacial score (nSPS) is 11.1. The smallest absolute Gasteiger partial charge is 0.142 e. The summed E-state index contributed by atoms with van der Waals surface area (Å²) in [7, 11) is 0. The zero-order valence-electron chi connectivity index (χ0n) is 11.6. The fourth-order valence-corrected chi connectivity index (χ4v) is 2.77. The van der Waals surface area contributed by atoms with Gasteiger partial charge in [0, 0.05) is 18.1 Å². The molecule has 0 saturated heterocycles. The average molecular weight is 275 g/mol. The van der Waals surface area contributed by atoms with Gasteiger partial charge in [0.1, 0.15) is 5.01 Å². The number of pyridine rings is 1. The molecule has 0 aliphatic heterocycles. The van der Waals surface area contributed by atoms with Crippen LogP contribution in [0.5, 0.6) is 0 Å². The molecule has 0 bridgehead atoms. The van der Waals surface area contributed by atoms with Crippen LogP contribution in [0.25, 0.3) is 10.7 Å². The molecule has 0 aliphatic carbocycles. The van der Waals surface area contributed by atoms with Crippen molar-refractivity contribution < 1.29 is 0 Å². The highest BCUT2D eigenvalue weighted by atomic mass is 32.1. The molecule has 0 saturated carbocycles. The quantitative estimate of drug-likeness (QED) is 0.836. The molecule has 0 fully saturated rings. The van der Waals surface area contributed by atoms with E-state index in [1.807, 2.05) is 24.4 Å². The van der Waals surface area contributed by atoms with E-state index < -0.39 is 0 Å². The lowest BCUT2D eigenvalue weighted by molar-refractivity contribution is 0.448. The fraction of sp³-hybridized carbons (Fsp3) is 0.467. The van der Waals surface area contributed by atoms with Gasteiger partial charge in [-0.25, -0.2) is 4.98 Å². The van der Waals surface area contributed by atoms with E-state index in [1.54, 1.807) is 11.3 Å². The summed E-state index contributed by atoms with van der Waals surface area (Å²) in [6.07, 6.45) is 4.28. The lowest BCUT2D eigenvalue weighted by Crippen LogP contribution is -2.21. The number of rotatable bonds is 7. The van der Waals surface area contributed by atoms with Gasteiger partial charge >= 0.3 is 0 Å². The topological polar surface area (TPSA) is 37.8 Å².